The highest BCUT2D eigenvalue weighted by Gasteiger charge is 2.31. The molecule has 6 heteroatoms. The van der Waals surface area contributed by atoms with Crippen LogP contribution in [-0.2, 0) is 19.5 Å². The average Bonchev–Trinajstić information content (AvgIpc) is 3.39. The van der Waals surface area contributed by atoms with Gasteiger partial charge in [0.1, 0.15) is 0 Å². The summed E-state index contributed by atoms with van der Waals surface area (Å²) < 4.78 is 5.50. The van der Waals surface area contributed by atoms with Crippen LogP contribution in [0.25, 0.3) is 0 Å². The Balaban J connectivity index is 1.35. The van der Waals surface area contributed by atoms with E-state index in [1.54, 1.807) is 0 Å². The lowest BCUT2D eigenvalue weighted by atomic mass is 10.00. The van der Waals surface area contributed by atoms with Gasteiger partial charge in [0, 0.05) is 38.3 Å². The van der Waals surface area contributed by atoms with Crippen LogP contribution in [0.5, 0.6) is 0 Å². The van der Waals surface area contributed by atoms with Crippen molar-refractivity contribution in [2.45, 2.75) is 45.8 Å². The minimum atomic E-state index is -0.00588. The normalized spacial score (nSPS) is 20.0. The molecular formula is C22H30N4O2. The smallest absolute Gasteiger partial charge is 0.276 e. The molecule has 1 saturated heterocycles. The molecule has 2 aliphatic rings. The van der Waals surface area contributed by atoms with Gasteiger partial charge in [0.2, 0.25) is 0 Å². The fourth-order valence-corrected chi connectivity index (χ4v) is 4.52. The second kappa shape index (κ2) is 8.45. The first-order valence-corrected chi connectivity index (χ1v) is 10.5. The third-order valence-corrected chi connectivity index (χ3v) is 6.15. The molecule has 4 rings (SSSR count). The Morgan fingerprint density at radius 1 is 1.21 bits per heavy atom. The predicted octanol–water partition coefficient (Wildman–Crippen LogP) is 2.79. The Bertz CT molecular complexity index is 814. The number of benzene rings is 1. The number of likely N-dealkylation sites (tertiary alicyclic amines) is 1. The van der Waals surface area contributed by atoms with Crippen molar-refractivity contribution in [1.82, 2.24) is 19.9 Å². The van der Waals surface area contributed by atoms with Gasteiger partial charge < -0.3 is 9.42 Å². The molecule has 1 aromatic carbocycles. The van der Waals surface area contributed by atoms with Gasteiger partial charge in [-0.1, -0.05) is 43.3 Å². The molecule has 1 unspecified atom stereocenters. The number of hydrogen-bond acceptors (Lipinski definition) is 5. The molecule has 0 spiro atoms. The summed E-state index contributed by atoms with van der Waals surface area (Å²) in [6.07, 6.45) is 2.09. The van der Waals surface area contributed by atoms with Crippen LogP contribution in [0.3, 0.4) is 0 Å². The summed E-state index contributed by atoms with van der Waals surface area (Å²) in [5.41, 5.74) is 3.25. The van der Waals surface area contributed by atoms with E-state index < -0.39 is 0 Å². The van der Waals surface area contributed by atoms with Gasteiger partial charge in [-0.2, -0.15) is 0 Å². The summed E-state index contributed by atoms with van der Waals surface area (Å²) in [6, 6.07) is 10.9. The highest BCUT2D eigenvalue weighted by Crippen LogP contribution is 2.22. The van der Waals surface area contributed by atoms with E-state index in [0.29, 0.717) is 18.3 Å². The Morgan fingerprint density at radius 2 is 2.00 bits per heavy atom. The highest BCUT2D eigenvalue weighted by atomic mass is 16.5. The van der Waals surface area contributed by atoms with Gasteiger partial charge in [0.15, 0.2) is 11.5 Å². The minimum absolute atomic E-state index is 0.00588. The number of carbonyl (C=O) groups excluding carboxylic acids is 1. The second-order valence-electron chi connectivity index (χ2n) is 7.82. The Hall–Kier alpha value is -2.18. The average molecular weight is 383 g/mol. The van der Waals surface area contributed by atoms with Crippen LogP contribution < -0.4 is 0 Å². The molecule has 0 radical (unpaired) electrons. The molecule has 2 aromatic rings. The number of nitrogens with zero attached hydrogens (tertiary/aromatic N) is 4. The van der Waals surface area contributed by atoms with Crippen molar-refractivity contribution in [2.75, 3.05) is 32.7 Å². The zero-order chi connectivity index (χ0) is 19.5. The van der Waals surface area contributed by atoms with E-state index >= 15 is 0 Å². The van der Waals surface area contributed by atoms with Gasteiger partial charge >= 0.3 is 0 Å². The lowest BCUT2D eigenvalue weighted by Crippen LogP contribution is -2.38. The van der Waals surface area contributed by atoms with Crippen molar-refractivity contribution in [3.63, 3.8) is 0 Å². The highest BCUT2D eigenvalue weighted by molar-refractivity contribution is 5.92. The van der Waals surface area contributed by atoms with Gasteiger partial charge in [0.25, 0.3) is 5.91 Å². The first-order chi connectivity index (χ1) is 13.7. The van der Waals surface area contributed by atoms with Crippen LogP contribution in [0.1, 0.15) is 47.6 Å². The van der Waals surface area contributed by atoms with Gasteiger partial charge in [-0.25, -0.2) is 0 Å². The monoisotopic (exact) mass is 382 g/mol. The maximum absolute atomic E-state index is 12.8. The SMILES string of the molecule is CCN(CC)C1CCN(C(=O)c2cc(CN3CCc4ccccc4C3)on2)C1. The third-order valence-electron chi connectivity index (χ3n) is 6.15. The number of carbonyl (C=O) groups is 1. The summed E-state index contributed by atoms with van der Waals surface area (Å²) in [7, 11) is 0. The second-order valence-corrected chi connectivity index (χ2v) is 7.82. The van der Waals surface area contributed by atoms with Crippen molar-refractivity contribution in [2.24, 2.45) is 0 Å². The molecule has 0 bridgehead atoms. The number of amides is 1. The molecule has 150 valence electrons. The first kappa shape index (κ1) is 19.2. The van der Waals surface area contributed by atoms with Crippen molar-refractivity contribution in [1.29, 1.82) is 0 Å². The Morgan fingerprint density at radius 3 is 2.79 bits per heavy atom. The molecular weight excluding hydrogens is 352 g/mol. The summed E-state index contributed by atoms with van der Waals surface area (Å²) >= 11 is 0. The topological polar surface area (TPSA) is 52.8 Å². The van der Waals surface area contributed by atoms with Gasteiger partial charge in [-0.3, -0.25) is 14.6 Å². The molecule has 28 heavy (non-hydrogen) atoms. The zero-order valence-electron chi connectivity index (χ0n) is 16.9. The Labute approximate surface area is 167 Å². The molecule has 0 N–H and O–H groups in total. The zero-order valence-corrected chi connectivity index (χ0v) is 16.9. The lowest BCUT2D eigenvalue weighted by molar-refractivity contribution is 0.0767. The van der Waals surface area contributed by atoms with Gasteiger partial charge in [-0.05, 0) is 37.1 Å². The molecule has 0 saturated carbocycles. The van der Waals surface area contributed by atoms with E-state index in [0.717, 1.165) is 57.9 Å². The van der Waals surface area contributed by atoms with Crippen LogP contribution >= 0.6 is 0 Å². The number of fused-ring (bicyclic) bond motifs is 1. The third kappa shape index (κ3) is 3.98. The number of rotatable bonds is 6. The molecule has 1 aromatic heterocycles. The maximum Gasteiger partial charge on any atom is 0.276 e. The number of hydrogen-bond donors (Lipinski definition) is 0. The summed E-state index contributed by atoms with van der Waals surface area (Å²) in [5, 5.41) is 4.07. The minimum Gasteiger partial charge on any atom is -0.359 e. The van der Waals surface area contributed by atoms with Crippen LogP contribution in [0.2, 0.25) is 0 Å². The van der Waals surface area contributed by atoms with Crippen molar-refractivity contribution in [3.05, 3.63) is 52.9 Å². The predicted molar refractivity (Wildman–Crippen MR) is 108 cm³/mol. The maximum atomic E-state index is 12.8. The van der Waals surface area contributed by atoms with E-state index in [1.165, 1.54) is 11.1 Å². The van der Waals surface area contributed by atoms with Crippen LogP contribution in [-0.4, -0.2) is 64.5 Å². The first-order valence-electron chi connectivity index (χ1n) is 10.5. The van der Waals surface area contributed by atoms with Crippen molar-refractivity contribution in [3.8, 4) is 0 Å². The molecule has 1 atom stereocenters. The molecule has 0 aliphatic carbocycles. The van der Waals surface area contributed by atoms with E-state index in [9.17, 15) is 4.79 Å². The molecule has 1 amide bonds. The summed E-state index contributed by atoms with van der Waals surface area (Å²) in [4.78, 5) is 19.5. The fraction of sp³-hybridized carbons (Fsp3) is 0.545. The van der Waals surface area contributed by atoms with Gasteiger partial charge in [-0.15, -0.1) is 0 Å². The molecule has 2 aliphatic heterocycles. The lowest BCUT2D eigenvalue weighted by Gasteiger charge is -2.27. The fourth-order valence-electron chi connectivity index (χ4n) is 4.52. The van der Waals surface area contributed by atoms with Crippen molar-refractivity contribution >= 4 is 5.91 Å². The number of aromatic nitrogens is 1. The van der Waals surface area contributed by atoms with E-state index in [1.807, 2.05) is 11.0 Å². The standard InChI is InChI=1S/C22H30N4O2/c1-3-25(4-2)19-10-12-26(15-19)22(27)21-13-20(28-23-21)16-24-11-9-17-7-5-6-8-18(17)14-24/h5-8,13,19H,3-4,9-12,14-16H2,1-2H3. The van der Waals surface area contributed by atoms with Crippen molar-refractivity contribution < 1.29 is 9.32 Å². The van der Waals surface area contributed by atoms with Gasteiger partial charge in [0.05, 0.1) is 6.54 Å². The van der Waals surface area contributed by atoms with Crippen LogP contribution in [0.4, 0.5) is 0 Å². The summed E-state index contributed by atoms with van der Waals surface area (Å²) in [5.74, 6) is 0.760. The molecule has 6 nitrogen and oxygen atoms in total. The van der Waals surface area contributed by atoms with E-state index in [4.69, 9.17) is 4.52 Å². The molecule has 1 fully saturated rings. The number of likely N-dealkylation sites (N-methyl/N-ethyl adjacent to an activating group) is 1. The van der Waals surface area contributed by atoms with Crippen LogP contribution in [0.15, 0.2) is 34.9 Å². The van der Waals surface area contributed by atoms with E-state index in [-0.39, 0.29) is 5.91 Å². The molecule has 3 heterocycles. The van der Waals surface area contributed by atoms with E-state index in [2.05, 4.69) is 53.1 Å². The largest absolute Gasteiger partial charge is 0.359 e. The quantitative estimate of drug-likeness (QED) is 0.769. The summed E-state index contributed by atoms with van der Waals surface area (Å²) in [6.45, 7) is 10.6. The Kier molecular flexibility index (Phi) is 5.78. The van der Waals surface area contributed by atoms with Crippen LogP contribution in [0, 0.1) is 0 Å².